The number of nitrogens with two attached hydrogens (primary N) is 1. The van der Waals surface area contributed by atoms with Gasteiger partial charge in [-0.15, -0.1) is 0 Å². The van der Waals surface area contributed by atoms with Crippen molar-refractivity contribution in [1.29, 1.82) is 0 Å². The van der Waals surface area contributed by atoms with Crippen molar-refractivity contribution in [3.8, 4) is 5.75 Å². The topological polar surface area (TPSA) is 95.9 Å². The van der Waals surface area contributed by atoms with E-state index in [0.717, 1.165) is 0 Å². The maximum atomic E-state index is 10.1. The van der Waals surface area contributed by atoms with Crippen LogP contribution < -0.4 is 11.0 Å². The van der Waals surface area contributed by atoms with Gasteiger partial charge in [0.15, 0.2) is 0 Å². The van der Waals surface area contributed by atoms with Crippen LogP contribution in [-0.4, -0.2) is 27.8 Å². The maximum absolute atomic E-state index is 10.1. The summed E-state index contributed by atoms with van der Waals surface area (Å²) < 4.78 is 4.99. The molecule has 0 saturated carbocycles. The van der Waals surface area contributed by atoms with Gasteiger partial charge in [-0.3, -0.25) is 0 Å². The number of phenols is 1. The van der Waals surface area contributed by atoms with Crippen molar-refractivity contribution in [3.05, 3.63) is 24.3 Å². The van der Waals surface area contributed by atoms with Crippen LogP contribution in [0.4, 0.5) is 0 Å². The molecular formula is C9H16NO4P. The monoisotopic (exact) mass is 233 g/mol. The van der Waals surface area contributed by atoms with Crippen molar-refractivity contribution >= 4 is 12.6 Å². The Hall–Kier alpha value is -0.710. The molecule has 0 aromatic heterocycles. The first kappa shape index (κ1) is 12.4. The molecule has 6 heteroatoms. The zero-order valence-corrected chi connectivity index (χ0v) is 9.39. The molecule has 0 spiro atoms. The molecule has 0 bridgehead atoms. The molecule has 0 aliphatic heterocycles. The number of benzene rings is 1. The minimum atomic E-state index is -4.59. The van der Waals surface area contributed by atoms with Crippen molar-refractivity contribution in [1.82, 2.24) is 0 Å². The first-order valence-corrected chi connectivity index (χ1v) is 6.82. The Morgan fingerprint density at radius 2 is 1.93 bits per heavy atom. The molecule has 1 aromatic rings. The van der Waals surface area contributed by atoms with Gasteiger partial charge in [-0.2, -0.15) is 0 Å². The van der Waals surface area contributed by atoms with Crippen LogP contribution in [0.2, 0.25) is 0 Å². The van der Waals surface area contributed by atoms with E-state index in [2.05, 4.69) is 0 Å². The van der Waals surface area contributed by atoms with Crippen LogP contribution in [0.25, 0.3) is 0 Å². The first-order valence-electron chi connectivity index (χ1n) is 4.58. The average molecular weight is 233 g/mol. The SMILES string of the molecule is CCOP(O)(O)(CN)c1ccccc1O. The van der Waals surface area contributed by atoms with Gasteiger partial charge in [0.1, 0.15) is 0 Å². The number of phenolic OH excluding ortho intramolecular Hbond substituents is 1. The number of hydrogen-bond donors (Lipinski definition) is 4. The predicted octanol–water partition coefficient (Wildman–Crippen LogP) is 0.253. The van der Waals surface area contributed by atoms with Gasteiger partial charge in [0.25, 0.3) is 0 Å². The average Bonchev–Trinajstić information content (AvgIpc) is 2.19. The summed E-state index contributed by atoms with van der Waals surface area (Å²) in [5.74, 6) is -0.223. The van der Waals surface area contributed by atoms with E-state index in [1.807, 2.05) is 0 Å². The van der Waals surface area contributed by atoms with Crippen LogP contribution in [0.1, 0.15) is 6.92 Å². The Morgan fingerprint density at radius 3 is 2.40 bits per heavy atom. The molecule has 0 radical (unpaired) electrons. The van der Waals surface area contributed by atoms with Gasteiger partial charge in [-0.1, -0.05) is 0 Å². The second-order valence-electron chi connectivity index (χ2n) is 3.20. The summed E-state index contributed by atoms with van der Waals surface area (Å²) in [7, 11) is -4.59. The molecule has 5 nitrogen and oxygen atoms in total. The second kappa shape index (κ2) is 4.04. The fourth-order valence-electron chi connectivity index (χ4n) is 1.34. The van der Waals surface area contributed by atoms with Crippen LogP contribution in [0, 0.1) is 0 Å². The molecule has 0 saturated heterocycles. The summed E-state index contributed by atoms with van der Waals surface area (Å²) in [4.78, 5) is 20.2. The summed E-state index contributed by atoms with van der Waals surface area (Å²) >= 11 is 0. The third-order valence-corrected chi connectivity index (χ3v) is 4.90. The predicted molar refractivity (Wildman–Crippen MR) is 59.8 cm³/mol. The van der Waals surface area contributed by atoms with E-state index in [9.17, 15) is 14.9 Å². The summed E-state index contributed by atoms with van der Waals surface area (Å²) in [6.07, 6.45) is -0.447. The molecule has 15 heavy (non-hydrogen) atoms. The number of para-hydroxylation sites is 1. The Morgan fingerprint density at radius 1 is 1.33 bits per heavy atom. The molecule has 1 rings (SSSR count). The normalized spacial score (nSPS) is 14.5. The minimum absolute atomic E-state index is 0.0344. The van der Waals surface area contributed by atoms with Crippen LogP contribution in [0.3, 0.4) is 0 Å². The van der Waals surface area contributed by atoms with Gasteiger partial charge in [-0.25, -0.2) is 0 Å². The van der Waals surface area contributed by atoms with Gasteiger partial charge in [0.05, 0.1) is 0 Å². The summed E-state index contributed by atoms with van der Waals surface area (Å²) in [5, 5.41) is 9.51. The standard InChI is InChI=1S/C9H16NO4P/c1-2-14-15(12,13,7-10)9-6-4-3-5-8(9)11/h3-6,11-13H,2,7,10H2,1H3. The molecule has 0 aliphatic carbocycles. The molecule has 86 valence electrons. The van der Waals surface area contributed by atoms with E-state index < -0.39 is 13.6 Å². The number of rotatable bonds is 4. The van der Waals surface area contributed by atoms with Crippen molar-refractivity contribution < 1.29 is 19.4 Å². The van der Waals surface area contributed by atoms with Crippen LogP contribution in [0.5, 0.6) is 5.75 Å². The summed E-state index contributed by atoms with van der Waals surface area (Å²) in [5.41, 5.74) is 5.35. The van der Waals surface area contributed by atoms with Crippen molar-refractivity contribution in [3.63, 3.8) is 0 Å². The zero-order valence-electron chi connectivity index (χ0n) is 8.50. The number of hydrogen-bond acceptors (Lipinski definition) is 5. The molecule has 0 atom stereocenters. The second-order valence-corrected chi connectivity index (χ2v) is 6.54. The Kier molecular flexibility index (Phi) is 3.33. The summed E-state index contributed by atoms with van der Waals surface area (Å²) in [6, 6.07) is 5.92. The molecule has 1 aromatic carbocycles. The Bertz CT molecular complexity index is 356. The third-order valence-electron chi connectivity index (χ3n) is 2.10. The van der Waals surface area contributed by atoms with E-state index in [1.165, 1.54) is 12.1 Å². The van der Waals surface area contributed by atoms with Gasteiger partial charge in [0.2, 0.25) is 0 Å². The van der Waals surface area contributed by atoms with Gasteiger partial charge >= 0.3 is 87.6 Å². The summed E-state index contributed by atoms with van der Waals surface area (Å²) in [6.45, 7) is 1.74. The molecule has 0 amide bonds. The zero-order chi connectivity index (χ0) is 11.6. The molecular weight excluding hydrogens is 217 g/mol. The van der Waals surface area contributed by atoms with Crippen molar-refractivity contribution in [2.24, 2.45) is 5.73 Å². The van der Waals surface area contributed by atoms with Crippen molar-refractivity contribution in [2.45, 2.75) is 6.92 Å². The molecule has 0 aliphatic rings. The molecule has 0 fully saturated rings. The van der Waals surface area contributed by atoms with Crippen LogP contribution in [0.15, 0.2) is 24.3 Å². The quantitative estimate of drug-likeness (QED) is 0.559. The van der Waals surface area contributed by atoms with Crippen molar-refractivity contribution in [2.75, 3.05) is 12.9 Å². The molecule has 5 N–H and O–H groups in total. The van der Waals surface area contributed by atoms with E-state index in [0.29, 0.717) is 0 Å². The number of aromatic hydroxyl groups is 1. The van der Waals surface area contributed by atoms with Crippen LogP contribution in [-0.2, 0) is 4.52 Å². The van der Waals surface area contributed by atoms with Gasteiger partial charge in [0, 0.05) is 0 Å². The fraction of sp³-hybridized carbons (Fsp3) is 0.333. The van der Waals surface area contributed by atoms with E-state index >= 15 is 0 Å². The van der Waals surface area contributed by atoms with Crippen LogP contribution >= 0.6 is 7.28 Å². The fourth-order valence-corrected chi connectivity index (χ4v) is 3.24. The Balaban J connectivity index is 3.28. The first-order chi connectivity index (χ1) is 6.93. The molecule has 0 unspecified atom stereocenters. The Labute approximate surface area is 88.3 Å². The third kappa shape index (κ3) is 2.27. The van der Waals surface area contributed by atoms with E-state index in [-0.39, 0.29) is 17.7 Å². The molecule has 0 heterocycles. The van der Waals surface area contributed by atoms with Gasteiger partial charge < -0.3 is 0 Å². The van der Waals surface area contributed by atoms with Gasteiger partial charge in [-0.05, 0) is 0 Å². The van der Waals surface area contributed by atoms with E-state index in [4.69, 9.17) is 10.3 Å². The van der Waals surface area contributed by atoms with E-state index in [1.54, 1.807) is 19.1 Å².